The van der Waals surface area contributed by atoms with E-state index in [1.807, 2.05) is 12.1 Å². The van der Waals surface area contributed by atoms with Gasteiger partial charge in [-0.15, -0.1) is 0 Å². The van der Waals surface area contributed by atoms with Crippen LogP contribution in [0.2, 0.25) is 5.02 Å². The Balaban J connectivity index is 1.50. The summed E-state index contributed by atoms with van der Waals surface area (Å²) in [5.41, 5.74) is 1.75. The van der Waals surface area contributed by atoms with Crippen LogP contribution in [0.25, 0.3) is 0 Å². The van der Waals surface area contributed by atoms with Crippen molar-refractivity contribution in [1.29, 1.82) is 0 Å². The van der Waals surface area contributed by atoms with Crippen molar-refractivity contribution in [3.05, 3.63) is 65.2 Å². The molecule has 0 aromatic heterocycles. The van der Waals surface area contributed by atoms with E-state index in [2.05, 4.69) is 56.6 Å². The molecule has 1 fully saturated rings. The highest BCUT2D eigenvalue weighted by molar-refractivity contribution is 6.33. The van der Waals surface area contributed by atoms with Gasteiger partial charge in [0, 0.05) is 45.0 Å². The first-order valence-electron chi connectivity index (χ1n) is 10.0. The lowest BCUT2D eigenvalue weighted by Gasteiger charge is -2.37. The smallest absolute Gasteiger partial charge is 0.252 e. The molecule has 2 aromatic carbocycles. The van der Waals surface area contributed by atoms with Crippen LogP contribution in [0.5, 0.6) is 0 Å². The van der Waals surface area contributed by atoms with E-state index in [0.29, 0.717) is 23.7 Å². The van der Waals surface area contributed by atoms with Crippen LogP contribution < -0.4 is 15.5 Å². The van der Waals surface area contributed by atoms with Gasteiger partial charge in [0.05, 0.1) is 17.1 Å². The Bertz CT molecular complexity index is 819. The quantitative estimate of drug-likeness (QED) is 0.434. The second kappa shape index (κ2) is 10.7. The van der Waals surface area contributed by atoms with Gasteiger partial charge in [-0.2, -0.15) is 0 Å². The Labute approximate surface area is 177 Å². The van der Waals surface area contributed by atoms with Crippen LogP contribution in [-0.4, -0.2) is 62.6 Å². The molecule has 0 spiro atoms. The number of carbonyl (C=O) groups is 1. The lowest BCUT2D eigenvalue weighted by Crippen LogP contribution is -2.52. The average molecular weight is 414 g/mol. The number of halogens is 1. The maximum absolute atomic E-state index is 12.2. The SMILES string of the molecule is CCNC(=NCCNC(=O)c1ccccc1Cl)N1CCN(c2ccccc2)CC1. The molecule has 1 heterocycles. The molecule has 0 saturated carbocycles. The minimum Gasteiger partial charge on any atom is -0.368 e. The number of nitrogens with zero attached hydrogens (tertiary/aromatic N) is 3. The van der Waals surface area contributed by atoms with Gasteiger partial charge in [0.1, 0.15) is 0 Å². The molecule has 1 aliphatic rings. The van der Waals surface area contributed by atoms with E-state index in [0.717, 1.165) is 38.7 Å². The third-order valence-corrected chi connectivity index (χ3v) is 5.14. The third kappa shape index (κ3) is 5.87. The van der Waals surface area contributed by atoms with Gasteiger partial charge < -0.3 is 20.4 Å². The number of amides is 1. The molecule has 1 amide bonds. The van der Waals surface area contributed by atoms with E-state index < -0.39 is 0 Å². The Hall–Kier alpha value is -2.73. The predicted molar refractivity (Wildman–Crippen MR) is 120 cm³/mol. The summed E-state index contributed by atoms with van der Waals surface area (Å²) >= 11 is 6.07. The normalized spacial score (nSPS) is 14.6. The summed E-state index contributed by atoms with van der Waals surface area (Å²) in [5, 5.41) is 6.70. The first kappa shape index (κ1) is 21.0. The van der Waals surface area contributed by atoms with Gasteiger partial charge >= 0.3 is 0 Å². The second-order valence-electron chi connectivity index (χ2n) is 6.78. The van der Waals surface area contributed by atoms with Gasteiger partial charge in [-0.05, 0) is 31.2 Å². The fraction of sp³-hybridized carbons (Fsp3) is 0.364. The minimum absolute atomic E-state index is 0.174. The van der Waals surface area contributed by atoms with E-state index in [4.69, 9.17) is 11.6 Å². The highest BCUT2D eigenvalue weighted by Crippen LogP contribution is 2.16. The van der Waals surface area contributed by atoms with Crippen molar-refractivity contribution >= 4 is 29.2 Å². The Morgan fingerprint density at radius 3 is 2.38 bits per heavy atom. The van der Waals surface area contributed by atoms with Crippen molar-refractivity contribution in [2.45, 2.75) is 6.92 Å². The number of benzene rings is 2. The topological polar surface area (TPSA) is 60.0 Å². The molecular formula is C22H28ClN5O. The average Bonchev–Trinajstić information content (AvgIpc) is 2.77. The number of carbonyl (C=O) groups excluding carboxylic acids is 1. The lowest BCUT2D eigenvalue weighted by atomic mass is 10.2. The zero-order valence-electron chi connectivity index (χ0n) is 16.8. The van der Waals surface area contributed by atoms with Gasteiger partial charge in [-0.3, -0.25) is 9.79 Å². The first-order valence-corrected chi connectivity index (χ1v) is 10.4. The number of para-hydroxylation sites is 1. The third-order valence-electron chi connectivity index (χ3n) is 4.81. The molecule has 2 N–H and O–H groups in total. The van der Waals surface area contributed by atoms with Gasteiger partial charge in [0.15, 0.2) is 5.96 Å². The van der Waals surface area contributed by atoms with E-state index >= 15 is 0 Å². The van der Waals surface area contributed by atoms with E-state index in [-0.39, 0.29) is 5.91 Å². The standard InChI is InChI=1S/C22H28ClN5O/c1-2-24-22(26-13-12-25-21(29)19-10-6-7-11-20(19)23)28-16-14-27(15-17-28)18-8-4-3-5-9-18/h3-11H,2,12-17H2,1H3,(H,24,26)(H,25,29). The molecule has 7 heteroatoms. The molecule has 29 heavy (non-hydrogen) atoms. The largest absolute Gasteiger partial charge is 0.368 e. The van der Waals surface area contributed by atoms with Crippen molar-refractivity contribution < 1.29 is 4.79 Å². The van der Waals surface area contributed by atoms with Crippen molar-refractivity contribution in [1.82, 2.24) is 15.5 Å². The van der Waals surface area contributed by atoms with E-state index in [1.54, 1.807) is 18.2 Å². The summed E-state index contributed by atoms with van der Waals surface area (Å²) < 4.78 is 0. The Morgan fingerprint density at radius 2 is 1.69 bits per heavy atom. The molecular weight excluding hydrogens is 386 g/mol. The maximum Gasteiger partial charge on any atom is 0.252 e. The number of hydrogen-bond donors (Lipinski definition) is 2. The molecule has 0 aliphatic carbocycles. The molecule has 0 bridgehead atoms. The van der Waals surface area contributed by atoms with Crippen molar-refractivity contribution in [2.75, 3.05) is 50.7 Å². The van der Waals surface area contributed by atoms with Crippen LogP contribution in [0.15, 0.2) is 59.6 Å². The fourth-order valence-corrected chi connectivity index (χ4v) is 3.53. The van der Waals surface area contributed by atoms with Gasteiger partial charge in [0.25, 0.3) is 5.91 Å². The van der Waals surface area contributed by atoms with E-state index in [1.165, 1.54) is 5.69 Å². The zero-order chi connectivity index (χ0) is 20.5. The molecule has 0 unspecified atom stereocenters. The zero-order valence-corrected chi connectivity index (χ0v) is 17.5. The van der Waals surface area contributed by atoms with Crippen LogP contribution in [0.3, 0.4) is 0 Å². The van der Waals surface area contributed by atoms with Crippen LogP contribution in [-0.2, 0) is 0 Å². The summed E-state index contributed by atoms with van der Waals surface area (Å²) in [4.78, 5) is 21.6. The molecule has 3 rings (SSSR count). The highest BCUT2D eigenvalue weighted by atomic mass is 35.5. The molecule has 0 radical (unpaired) electrons. The number of piperazine rings is 1. The van der Waals surface area contributed by atoms with E-state index in [9.17, 15) is 4.79 Å². The second-order valence-corrected chi connectivity index (χ2v) is 7.19. The number of hydrogen-bond acceptors (Lipinski definition) is 3. The minimum atomic E-state index is -0.174. The molecule has 0 atom stereocenters. The number of rotatable bonds is 6. The highest BCUT2D eigenvalue weighted by Gasteiger charge is 2.19. The Morgan fingerprint density at radius 1 is 1.00 bits per heavy atom. The van der Waals surface area contributed by atoms with Crippen molar-refractivity contribution in [3.63, 3.8) is 0 Å². The van der Waals surface area contributed by atoms with Crippen LogP contribution >= 0.6 is 11.6 Å². The maximum atomic E-state index is 12.2. The molecule has 154 valence electrons. The van der Waals surface area contributed by atoms with Crippen LogP contribution in [0.4, 0.5) is 5.69 Å². The number of aliphatic imine (C=N–C) groups is 1. The summed E-state index contributed by atoms with van der Waals surface area (Å²) in [7, 11) is 0. The van der Waals surface area contributed by atoms with Crippen LogP contribution in [0, 0.1) is 0 Å². The summed E-state index contributed by atoms with van der Waals surface area (Å²) in [6.07, 6.45) is 0. The predicted octanol–water partition coefficient (Wildman–Crippen LogP) is 2.86. The molecule has 1 saturated heterocycles. The summed E-state index contributed by atoms with van der Waals surface area (Å²) in [6, 6.07) is 17.5. The van der Waals surface area contributed by atoms with Crippen LogP contribution in [0.1, 0.15) is 17.3 Å². The molecule has 6 nitrogen and oxygen atoms in total. The van der Waals surface area contributed by atoms with Gasteiger partial charge in [-0.1, -0.05) is 41.9 Å². The number of anilines is 1. The monoisotopic (exact) mass is 413 g/mol. The van der Waals surface area contributed by atoms with Crippen molar-refractivity contribution in [3.8, 4) is 0 Å². The fourth-order valence-electron chi connectivity index (χ4n) is 3.31. The summed E-state index contributed by atoms with van der Waals surface area (Å²) in [5.74, 6) is 0.722. The Kier molecular flexibility index (Phi) is 7.76. The first-order chi connectivity index (χ1) is 14.2. The summed E-state index contributed by atoms with van der Waals surface area (Å²) in [6.45, 7) is 7.58. The molecule has 1 aliphatic heterocycles. The van der Waals surface area contributed by atoms with Gasteiger partial charge in [0.2, 0.25) is 0 Å². The molecule has 2 aromatic rings. The number of guanidine groups is 1. The number of nitrogens with one attached hydrogen (secondary N) is 2. The van der Waals surface area contributed by atoms with Crippen molar-refractivity contribution in [2.24, 2.45) is 4.99 Å². The van der Waals surface area contributed by atoms with Gasteiger partial charge in [-0.25, -0.2) is 0 Å². The lowest BCUT2D eigenvalue weighted by molar-refractivity contribution is 0.0955.